The van der Waals surface area contributed by atoms with E-state index < -0.39 is 10.0 Å². The average Bonchev–Trinajstić information content (AvgIpc) is 3.47. The van der Waals surface area contributed by atoms with E-state index >= 15 is 0 Å². The molecule has 2 aromatic carbocycles. The highest BCUT2D eigenvalue weighted by molar-refractivity contribution is 7.89. The van der Waals surface area contributed by atoms with Crippen molar-refractivity contribution in [3.05, 3.63) is 102 Å². The number of hydrogen-bond donors (Lipinski definition) is 2. The number of nitrogens with zero attached hydrogens (tertiary/aromatic N) is 2. The minimum absolute atomic E-state index is 0.0481. The molecule has 4 rings (SSSR count). The Morgan fingerprint density at radius 1 is 1.03 bits per heavy atom. The third-order valence-corrected chi connectivity index (χ3v) is 5.95. The number of furan rings is 1. The number of aromatic nitrogens is 2. The van der Waals surface area contributed by atoms with Crippen LogP contribution < -0.4 is 10.0 Å². The molecule has 0 atom stereocenters. The summed E-state index contributed by atoms with van der Waals surface area (Å²) in [6.45, 7) is 0.640. The van der Waals surface area contributed by atoms with Crippen molar-refractivity contribution in [3.63, 3.8) is 0 Å². The SMILES string of the molecule is O=C(Nc1cccc(Cn2cccn2)c1)c1ccc(S(=O)(=O)NCc2ccco2)cc1. The molecule has 1 amide bonds. The Labute approximate surface area is 179 Å². The molecule has 0 aliphatic heterocycles. The maximum Gasteiger partial charge on any atom is 0.255 e. The summed E-state index contributed by atoms with van der Waals surface area (Å²) in [7, 11) is -3.72. The van der Waals surface area contributed by atoms with Gasteiger partial charge in [-0.2, -0.15) is 5.10 Å². The van der Waals surface area contributed by atoms with Crippen LogP contribution in [0.15, 0.2) is 94.7 Å². The van der Waals surface area contributed by atoms with Gasteiger partial charge in [0, 0.05) is 23.6 Å². The second kappa shape index (κ2) is 8.99. The summed E-state index contributed by atoms with van der Waals surface area (Å²) in [5.74, 6) is 0.179. The average molecular weight is 436 g/mol. The van der Waals surface area contributed by atoms with Gasteiger partial charge in [0.25, 0.3) is 5.91 Å². The first-order valence-electron chi connectivity index (χ1n) is 9.49. The first kappa shape index (κ1) is 20.6. The van der Waals surface area contributed by atoms with E-state index in [4.69, 9.17) is 4.42 Å². The normalized spacial score (nSPS) is 11.4. The monoisotopic (exact) mass is 436 g/mol. The summed E-state index contributed by atoms with van der Waals surface area (Å²) in [5, 5.41) is 7.01. The van der Waals surface area contributed by atoms with E-state index in [9.17, 15) is 13.2 Å². The molecule has 2 heterocycles. The summed E-state index contributed by atoms with van der Waals surface area (Å²) in [6.07, 6.45) is 5.05. The Morgan fingerprint density at radius 2 is 1.87 bits per heavy atom. The zero-order valence-corrected chi connectivity index (χ0v) is 17.2. The third-order valence-electron chi connectivity index (χ3n) is 4.53. The van der Waals surface area contributed by atoms with E-state index in [-0.39, 0.29) is 17.3 Å². The lowest BCUT2D eigenvalue weighted by Crippen LogP contribution is -2.23. The minimum atomic E-state index is -3.72. The highest BCUT2D eigenvalue weighted by Crippen LogP contribution is 2.15. The van der Waals surface area contributed by atoms with Crippen molar-refractivity contribution >= 4 is 21.6 Å². The lowest BCUT2D eigenvalue weighted by molar-refractivity contribution is 0.102. The Morgan fingerprint density at radius 3 is 2.58 bits per heavy atom. The largest absolute Gasteiger partial charge is 0.468 e. The summed E-state index contributed by atoms with van der Waals surface area (Å²) in [6, 6.07) is 18.4. The summed E-state index contributed by atoms with van der Waals surface area (Å²) >= 11 is 0. The molecule has 8 nitrogen and oxygen atoms in total. The molecule has 0 fully saturated rings. The number of rotatable bonds is 8. The number of benzene rings is 2. The number of carbonyl (C=O) groups is 1. The molecule has 31 heavy (non-hydrogen) atoms. The first-order valence-corrected chi connectivity index (χ1v) is 11.0. The molecule has 158 valence electrons. The predicted molar refractivity (Wildman–Crippen MR) is 115 cm³/mol. The van der Waals surface area contributed by atoms with Crippen LogP contribution in [-0.2, 0) is 23.1 Å². The third kappa shape index (κ3) is 5.27. The van der Waals surface area contributed by atoms with Gasteiger partial charge >= 0.3 is 0 Å². The molecule has 0 radical (unpaired) electrons. The molecule has 0 bridgehead atoms. The van der Waals surface area contributed by atoms with Gasteiger partial charge in [-0.15, -0.1) is 0 Å². The molecular weight excluding hydrogens is 416 g/mol. The lowest BCUT2D eigenvalue weighted by Gasteiger charge is -2.09. The van der Waals surface area contributed by atoms with E-state index in [1.807, 2.05) is 30.5 Å². The Kier molecular flexibility index (Phi) is 5.96. The molecule has 0 spiro atoms. The molecule has 0 unspecified atom stereocenters. The second-order valence-electron chi connectivity index (χ2n) is 6.79. The van der Waals surface area contributed by atoms with Gasteiger partial charge in [0.2, 0.25) is 10.0 Å². The first-order chi connectivity index (χ1) is 15.0. The van der Waals surface area contributed by atoms with Gasteiger partial charge in [0.15, 0.2) is 0 Å². The molecule has 0 saturated heterocycles. The number of sulfonamides is 1. The van der Waals surface area contributed by atoms with Crippen LogP contribution >= 0.6 is 0 Å². The molecule has 9 heteroatoms. The van der Waals surface area contributed by atoms with Crippen molar-refractivity contribution in [3.8, 4) is 0 Å². The van der Waals surface area contributed by atoms with Crippen LogP contribution in [0.5, 0.6) is 0 Å². The zero-order valence-electron chi connectivity index (χ0n) is 16.4. The molecular formula is C22H20N4O4S. The fraction of sp³-hybridized carbons (Fsp3) is 0.0909. The lowest BCUT2D eigenvalue weighted by atomic mass is 10.1. The summed E-state index contributed by atoms with van der Waals surface area (Å²) in [4.78, 5) is 12.6. The van der Waals surface area contributed by atoms with Crippen LogP contribution in [0.1, 0.15) is 21.7 Å². The minimum Gasteiger partial charge on any atom is -0.468 e. The van der Waals surface area contributed by atoms with Crippen LogP contribution in [0.4, 0.5) is 5.69 Å². The maximum atomic E-state index is 12.6. The standard InChI is InChI=1S/C22H20N4O4S/c27-22(25-19-5-1-4-17(14-19)16-26-12-3-11-23-26)18-7-9-21(10-8-18)31(28,29)24-15-20-6-2-13-30-20/h1-14,24H,15-16H2,(H,25,27). The Hall–Kier alpha value is -3.69. The van der Waals surface area contributed by atoms with E-state index in [1.54, 1.807) is 29.1 Å². The number of nitrogens with one attached hydrogen (secondary N) is 2. The maximum absolute atomic E-state index is 12.6. The summed E-state index contributed by atoms with van der Waals surface area (Å²) < 4.78 is 34.2. The number of carbonyl (C=O) groups excluding carboxylic acids is 1. The summed E-state index contributed by atoms with van der Waals surface area (Å²) in [5.41, 5.74) is 1.99. The van der Waals surface area contributed by atoms with Crippen molar-refractivity contribution in [1.82, 2.24) is 14.5 Å². The number of amides is 1. The molecule has 0 aliphatic rings. The molecule has 0 aliphatic carbocycles. The van der Waals surface area contributed by atoms with Crippen LogP contribution in [0.2, 0.25) is 0 Å². The smallest absolute Gasteiger partial charge is 0.255 e. The molecule has 2 N–H and O–H groups in total. The quantitative estimate of drug-likeness (QED) is 0.441. The van der Waals surface area contributed by atoms with Crippen molar-refractivity contribution in [2.75, 3.05) is 5.32 Å². The Balaban J connectivity index is 1.40. The van der Waals surface area contributed by atoms with E-state index in [0.717, 1.165) is 5.56 Å². The van der Waals surface area contributed by atoms with Crippen LogP contribution in [-0.4, -0.2) is 24.1 Å². The van der Waals surface area contributed by atoms with Gasteiger partial charge in [0.05, 0.1) is 24.2 Å². The topological polar surface area (TPSA) is 106 Å². The highest BCUT2D eigenvalue weighted by Gasteiger charge is 2.15. The van der Waals surface area contributed by atoms with Crippen molar-refractivity contribution in [2.45, 2.75) is 18.0 Å². The van der Waals surface area contributed by atoms with Gasteiger partial charge in [-0.1, -0.05) is 12.1 Å². The number of hydrogen-bond acceptors (Lipinski definition) is 5. The highest BCUT2D eigenvalue weighted by atomic mass is 32.2. The van der Waals surface area contributed by atoms with Gasteiger partial charge in [-0.05, 0) is 60.2 Å². The fourth-order valence-electron chi connectivity index (χ4n) is 2.98. The van der Waals surface area contributed by atoms with E-state index in [0.29, 0.717) is 23.6 Å². The second-order valence-corrected chi connectivity index (χ2v) is 8.55. The Bertz CT molecular complexity index is 1250. The number of anilines is 1. The van der Waals surface area contributed by atoms with Crippen molar-refractivity contribution in [1.29, 1.82) is 0 Å². The van der Waals surface area contributed by atoms with Crippen LogP contribution in [0, 0.1) is 0 Å². The van der Waals surface area contributed by atoms with Gasteiger partial charge in [-0.25, -0.2) is 13.1 Å². The predicted octanol–water partition coefficient (Wildman–Crippen LogP) is 3.26. The van der Waals surface area contributed by atoms with E-state index in [2.05, 4.69) is 15.1 Å². The van der Waals surface area contributed by atoms with Gasteiger partial charge < -0.3 is 9.73 Å². The van der Waals surface area contributed by atoms with Crippen molar-refractivity contribution in [2.24, 2.45) is 0 Å². The zero-order chi connectivity index (χ0) is 21.7. The van der Waals surface area contributed by atoms with E-state index in [1.165, 1.54) is 30.5 Å². The van der Waals surface area contributed by atoms with Crippen LogP contribution in [0.25, 0.3) is 0 Å². The molecule has 4 aromatic rings. The van der Waals surface area contributed by atoms with Crippen LogP contribution in [0.3, 0.4) is 0 Å². The fourth-order valence-corrected chi connectivity index (χ4v) is 3.97. The molecule has 0 saturated carbocycles. The molecule has 2 aromatic heterocycles. The van der Waals surface area contributed by atoms with Gasteiger partial charge in [0.1, 0.15) is 5.76 Å². The van der Waals surface area contributed by atoms with Gasteiger partial charge in [-0.3, -0.25) is 9.48 Å². The van der Waals surface area contributed by atoms with Crippen molar-refractivity contribution < 1.29 is 17.6 Å².